The van der Waals surface area contributed by atoms with Crippen LogP contribution in [0.5, 0.6) is 5.75 Å². The van der Waals surface area contributed by atoms with Gasteiger partial charge in [0.05, 0.1) is 5.69 Å². The number of rotatable bonds is 4. The van der Waals surface area contributed by atoms with Crippen LogP contribution in [0.3, 0.4) is 0 Å². The van der Waals surface area contributed by atoms with Gasteiger partial charge in [-0.05, 0) is 41.9 Å². The van der Waals surface area contributed by atoms with E-state index in [9.17, 15) is 0 Å². The number of aryl methyl sites for hydroxylation is 2. The second-order valence-electron chi connectivity index (χ2n) is 3.89. The van der Waals surface area contributed by atoms with E-state index < -0.39 is 0 Å². The molecule has 3 nitrogen and oxygen atoms in total. The van der Waals surface area contributed by atoms with Gasteiger partial charge in [-0.25, -0.2) is 4.98 Å². The summed E-state index contributed by atoms with van der Waals surface area (Å²) in [7, 11) is 0. The van der Waals surface area contributed by atoms with Crippen molar-refractivity contribution in [2.24, 2.45) is 0 Å². The van der Waals surface area contributed by atoms with Crippen LogP contribution in [0, 0.1) is 6.92 Å². The standard InChI is InChI=1S/C13H15BrN2O/c1-3-16-8-11(15-13(16)14)9-17-12-6-4-10(2)5-7-12/h4-8H,3,9H2,1-2H3. The molecule has 0 spiro atoms. The van der Waals surface area contributed by atoms with Crippen molar-refractivity contribution in [3.05, 3.63) is 46.5 Å². The molecule has 0 N–H and O–H groups in total. The second kappa shape index (κ2) is 5.36. The minimum Gasteiger partial charge on any atom is -0.487 e. The highest BCUT2D eigenvalue weighted by Gasteiger charge is 2.04. The normalized spacial score (nSPS) is 10.5. The molecule has 0 radical (unpaired) electrons. The molecule has 0 saturated carbocycles. The Morgan fingerprint density at radius 1 is 1.29 bits per heavy atom. The number of hydrogen-bond acceptors (Lipinski definition) is 2. The van der Waals surface area contributed by atoms with Crippen LogP contribution >= 0.6 is 15.9 Å². The highest BCUT2D eigenvalue weighted by molar-refractivity contribution is 9.10. The Balaban J connectivity index is 1.99. The van der Waals surface area contributed by atoms with Gasteiger partial charge in [-0.15, -0.1) is 0 Å². The molecule has 0 fully saturated rings. The maximum Gasteiger partial charge on any atom is 0.177 e. The summed E-state index contributed by atoms with van der Waals surface area (Å²) in [4.78, 5) is 4.37. The van der Waals surface area contributed by atoms with Gasteiger partial charge >= 0.3 is 0 Å². The Bertz CT molecular complexity index is 491. The van der Waals surface area contributed by atoms with Crippen molar-refractivity contribution < 1.29 is 4.74 Å². The molecule has 1 heterocycles. The highest BCUT2D eigenvalue weighted by Crippen LogP contribution is 2.15. The molecular formula is C13H15BrN2O. The van der Waals surface area contributed by atoms with Crippen LogP contribution in [0.15, 0.2) is 35.2 Å². The maximum absolute atomic E-state index is 5.66. The molecule has 0 aliphatic rings. The lowest BCUT2D eigenvalue weighted by Crippen LogP contribution is -1.95. The SMILES string of the molecule is CCn1cc(COc2ccc(C)cc2)nc1Br. The van der Waals surface area contributed by atoms with Gasteiger partial charge in [0.1, 0.15) is 12.4 Å². The largest absolute Gasteiger partial charge is 0.487 e. The summed E-state index contributed by atoms with van der Waals surface area (Å²) in [6.45, 7) is 5.54. The fourth-order valence-corrected chi connectivity index (χ4v) is 2.11. The summed E-state index contributed by atoms with van der Waals surface area (Å²) in [6.07, 6.45) is 2.00. The zero-order chi connectivity index (χ0) is 12.3. The lowest BCUT2D eigenvalue weighted by atomic mass is 10.2. The molecule has 1 aromatic heterocycles. The summed E-state index contributed by atoms with van der Waals surface area (Å²) >= 11 is 3.41. The predicted octanol–water partition coefficient (Wildman–Crippen LogP) is 3.55. The van der Waals surface area contributed by atoms with E-state index in [1.165, 1.54) is 5.56 Å². The Morgan fingerprint density at radius 2 is 2.00 bits per heavy atom. The van der Waals surface area contributed by atoms with E-state index in [-0.39, 0.29) is 0 Å². The van der Waals surface area contributed by atoms with Gasteiger partial charge < -0.3 is 9.30 Å². The Labute approximate surface area is 110 Å². The Morgan fingerprint density at radius 3 is 2.59 bits per heavy atom. The molecule has 0 atom stereocenters. The fraction of sp³-hybridized carbons (Fsp3) is 0.308. The number of nitrogens with zero attached hydrogens (tertiary/aromatic N) is 2. The molecule has 0 saturated heterocycles. The molecular weight excluding hydrogens is 280 g/mol. The fourth-order valence-electron chi connectivity index (χ4n) is 1.53. The quantitative estimate of drug-likeness (QED) is 0.862. The molecule has 0 amide bonds. The van der Waals surface area contributed by atoms with Gasteiger partial charge in [0.15, 0.2) is 4.73 Å². The van der Waals surface area contributed by atoms with Crippen molar-refractivity contribution >= 4 is 15.9 Å². The first-order chi connectivity index (χ1) is 8.19. The lowest BCUT2D eigenvalue weighted by Gasteiger charge is -2.03. The minimum atomic E-state index is 0.495. The molecule has 90 valence electrons. The number of aromatic nitrogens is 2. The number of ether oxygens (including phenoxy) is 1. The van der Waals surface area contributed by atoms with Crippen LogP contribution in [-0.4, -0.2) is 9.55 Å². The Kier molecular flexibility index (Phi) is 3.84. The van der Waals surface area contributed by atoms with Crippen LogP contribution < -0.4 is 4.74 Å². The van der Waals surface area contributed by atoms with Crippen LogP contribution in [-0.2, 0) is 13.2 Å². The van der Waals surface area contributed by atoms with Gasteiger partial charge in [0.2, 0.25) is 0 Å². The van der Waals surface area contributed by atoms with Crippen LogP contribution in [0.25, 0.3) is 0 Å². The summed E-state index contributed by atoms with van der Waals surface area (Å²) in [5.74, 6) is 0.873. The lowest BCUT2D eigenvalue weighted by molar-refractivity contribution is 0.301. The van der Waals surface area contributed by atoms with Crippen molar-refractivity contribution in [3.63, 3.8) is 0 Å². The molecule has 1 aromatic carbocycles. The zero-order valence-electron chi connectivity index (χ0n) is 9.98. The summed E-state index contributed by atoms with van der Waals surface area (Å²) in [6, 6.07) is 8.02. The van der Waals surface area contributed by atoms with E-state index >= 15 is 0 Å². The van der Waals surface area contributed by atoms with Crippen LogP contribution in [0.4, 0.5) is 0 Å². The number of hydrogen-bond donors (Lipinski definition) is 0. The average molecular weight is 295 g/mol. The van der Waals surface area contributed by atoms with Crippen LogP contribution in [0.2, 0.25) is 0 Å². The Hall–Kier alpha value is -1.29. The van der Waals surface area contributed by atoms with E-state index in [4.69, 9.17) is 4.74 Å². The van der Waals surface area contributed by atoms with E-state index in [1.54, 1.807) is 0 Å². The molecule has 0 unspecified atom stereocenters. The average Bonchev–Trinajstić information content (AvgIpc) is 2.69. The second-order valence-corrected chi connectivity index (χ2v) is 4.60. The van der Waals surface area contributed by atoms with Crippen LogP contribution in [0.1, 0.15) is 18.2 Å². The van der Waals surface area contributed by atoms with Gasteiger partial charge in [-0.3, -0.25) is 0 Å². The topological polar surface area (TPSA) is 27.1 Å². The van der Waals surface area contributed by atoms with Crippen molar-refractivity contribution in [3.8, 4) is 5.75 Å². The third-order valence-electron chi connectivity index (χ3n) is 2.53. The molecule has 0 bridgehead atoms. The highest BCUT2D eigenvalue weighted by atomic mass is 79.9. The summed E-state index contributed by atoms with van der Waals surface area (Å²) in [5, 5.41) is 0. The van der Waals surface area contributed by atoms with Crippen molar-refractivity contribution in [2.45, 2.75) is 27.0 Å². The number of halogens is 1. The molecule has 0 aliphatic heterocycles. The molecule has 2 aromatic rings. The monoisotopic (exact) mass is 294 g/mol. The van der Waals surface area contributed by atoms with E-state index in [2.05, 4.69) is 34.8 Å². The van der Waals surface area contributed by atoms with E-state index in [1.807, 2.05) is 35.0 Å². The predicted molar refractivity (Wildman–Crippen MR) is 71.1 cm³/mol. The van der Waals surface area contributed by atoms with E-state index in [0.717, 1.165) is 22.7 Å². The maximum atomic E-state index is 5.66. The molecule has 4 heteroatoms. The first-order valence-corrected chi connectivity index (χ1v) is 6.39. The number of benzene rings is 1. The molecule has 0 aliphatic carbocycles. The van der Waals surface area contributed by atoms with Crippen molar-refractivity contribution in [1.29, 1.82) is 0 Å². The third kappa shape index (κ3) is 3.09. The molecule has 2 rings (SSSR count). The van der Waals surface area contributed by atoms with Crippen molar-refractivity contribution in [1.82, 2.24) is 9.55 Å². The minimum absolute atomic E-state index is 0.495. The van der Waals surface area contributed by atoms with Gasteiger partial charge in [0, 0.05) is 12.7 Å². The van der Waals surface area contributed by atoms with Gasteiger partial charge in [-0.2, -0.15) is 0 Å². The van der Waals surface area contributed by atoms with Gasteiger partial charge in [0.25, 0.3) is 0 Å². The zero-order valence-corrected chi connectivity index (χ0v) is 11.6. The number of imidazole rings is 1. The van der Waals surface area contributed by atoms with Gasteiger partial charge in [-0.1, -0.05) is 17.7 Å². The smallest absolute Gasteiger partial charge is 0.177 e. The summed E-state index contributed by atoms with van der Waals surface area (Å²) < 4.78 is 8.55. The van der Waals surface area contributed by atoms with E-state index in [0.29, 0.717) is 6.61 Å². The first kappa shape index (κ1) is 12.2. The first-order valence-electron chi connectivity index (χ1n) is 5.60. The van der Waals surface area contributed by atoms with Crippen molar-refractivity contribution in [2.75, 3.05) is 0 Å². The third-order valence-corrected chi connectivity index (χ3v) is 3.16. The summed E-state index contributed by atoms with van der Waals surface area (Å²) in [5.41, 5.74) is 2.16. The molecule has 17 heavy (non-hydrogen) atoms.